The lowest BCUT2D eigenvalue weighted by Crippen LogP contribution is -2.28. The first-order valence-corrected chi connectivity index (χ1v) is 6.50. The Bertz CT molecular complexity index is 453. The van der Waals surface area contributed by atoms with Crippen molar-refractivity contribution in [2.45, 2.75) is 25.9 Å². The summed E-state index contributed by atoms with van der Waals surface area (Å²) in [5.41, 5.74) is 1.33. The summed E-state index contributed by atoms with van der Waals surface area (Å²) in [4.78, 5) is 7.27. The fourth-order valence-electron chi connectivity index (χ4n) is 1.73. The molecular formula is C13H16BrN3. The third-order valence-corrected chi connectivity index (χ3v) is 3.43. The van der Waals surface area contributed by atoms with Crippen LogP contribution in [-0.4, -0.2) is 16.0 Å². The zero-order valence-corrected chi connectivity index (χ0v) is 11.4. The van der Waals surface area contributed by atoms with E-state index in [1.165, 1.54) is 10.0 Å². The molecule has 4 heteroatoms. The number of imidazole rings is 1. The number of nitrogens with one attached hydrogen (secondary N) is 2. The van der Waals surface area contributed by atoms with E-state index in [0.717, 1.165) is 18.8 Å². The second-order valence-corrected chi connectivity index (χ2v) is 4.97. The highest BCUT2D eigenvalue weighted by Gasteiger charge is 2.06. The van der Waals surface area contributed by atoms with Gasteiger partial charge in [0.1, 0.15) is 5.82 Å². The van der Waals surface area contributed by atoms with E-state index in [4.69, 9.17) is 0 Å². The van der Waals surface area contributed by atoms with E-state index < -0.39 is 0 Å². The Labute approximate surface area is 110 Å². The molecule has 0 aliphatic rings. The Balaban J connectivity index is 1.85. The summed E-state index contributed by atoms with van der Waals surface area (Å²) < 4.78 is 1.17. The predicted molar refractivity (Wildman–Crippen MR) is 72.7 cm³/mol. The van der Waals surface area contributed by atoms with E-state index in [2.05, 4.69) is 56.3 Å². The molecule has 1 atom stereocenters. The predicted octanol–water partition coefficient (Wildman–Crippen LogP) is 2.89. The van der Waals surface area contributed by atoms with Gasteiger partial charge in [-0.15, -0.1) is 0 Å². The van der Waals surface area contributed by atoms with E-state index in [1.54, 1.807) is 6.20 Å². The Morgan fingerprint density at radius 1 is 1.41 bits per heavy atom. The molecule has 0 aliphatic heterocycles. The lowest BCUT2D eigenvalue weighted by Gasteiger charge is -2.13. The lowest BCUT2D eigenvalue weighted by molar-refractivity contribution is 0.534. The van der Waals surface area contributed by atoms with E-state index in [1.807, 2.05) is 12.3 Å². The molecular weight excluding hydrogens is 278 g/mol. The number of hydrogen-bond donors (Lipinski definition) is 2. The molecule has 0 saturated heterocycles. The summed E-state index contributed by atoms with van der Waals surface area (Å²) in [6, 6.07) is 8.75. The van der Waals surface area contributed by atoms with Crippen molar-refractivity contribution < 1.29 is 0 Å². The van der Waals surface area contributed by atoms with Gasteiger partial charge in [0.2, 0.25) is 0 Å². The standard InChI is InChI=1S/C13H16BrN3/c1-10(17-9-13-15-6-7-16-13)8-11-4-2-3-5-12(11)14/h2-7,10,17H,8-9H2,1H3,(H,15,16). The minimum Gasteiger partial charge on any atom is -0.348 e. The van der Waals surface area contributed by atoms with E-state index in [9.17, 15) is 0 Å². The third kappa shape index (κ3) is 3.68. The van der Waals surface area contributed by atoms with Crippen LogP contribution in [0, 0.1) is 0 Å². The molecule has 0 fully saturated rings. The van der Waals surface area contributed by atoms with Gasteiger partial charge in [0.25, 0.3) is 0 Å². The number of rotatable bonds is 5. The van der Waals surface area contributed by atoms with Crippen molar-refractivity contribution in [2.24, 2.45) is 0 Å². The van der Waals surface area contributed by atoms with E-state index in [0.29, 0.717) is 6.04 Å². The molecule has 2 rings (SSSR count). The first-order valence-electron chi connectivity index (χ1n) is 5.71. The molecule has 2 N–H and O–H groups in total. The summed E-state index contributed by atoms with van der Waals surface area (Å²) in [5, 5.41) is 3.45. The number of benzene rings is 1. The molecule has 1 unspecified atom stereocenters. The highest BCUT2D eigenvalue weighted by atomic mass is 79.9. The molecule has 0 bridgehead atoms. The van der Waals surface area contributed by atoms with Crippen LogP contribution in [0.25, 0.3) is 0 Å². The van der Waals surface area contributed by atoms with E-state index >= 15 is 0 Å². The van der Waals surface area contributed by atoms with Gasteiger partial charge in [-0.25, -0.2) is 4.98 Å². The van der Waals surface area contributed by atoms with Gasteiger partial charge in [0.15, 0.2) is 0 Å². The van der Waals surface area contributed by atoms with Gasteiger partial charge >= 0.3 is 0 Å². The molecule has 0 radical (unpaired) electrons. The average molecular weight is 294 g/mol. The second kappa shape index (κ2) is 5.98. The third-order valence-electron chi connectivity index (χ3n) is 2.66. The zero-order chi connectivity index (χ0) is 12.1. The second-order valence-electron chi connectivity index (χ2n) is 4.11. The minimum atomic E-state index is 0.416. The van der Waals surface area contributed by atoms with Crippen LogP contribution >= 0.6 is 15.9 Å². The van der Waals surface area contributed by atoms with Crippen LogP contribution in [0.1, 0.15) is 18.3 Å². The van der Waals surface area contributed by atoms with Crippen molar-refractivity contribution in [3.8, 4) is 0 Å². The van der Waals surface area contributed by atoms with Crippen LogP contribution in [0.5, 0.6) is 0 Å². The molecule has 0 spiro atoms. The maximum absolute atomic E-state index is 4.19. The summed E-state index contributed by atoms with van der Waals surface area (Å²) >= 11 is 3.57. The number of aromatic nitrogens is 2. The van der Waals surface area contributed by atoms with Crippen LogP contribution in [0.3, 0.4) is 0 Å². The molecule has 1 heterocycles. The molecule has 1 aromatic heterocycles. The first-order chi connectivity index (χ1) is 8.25. The number of halogens is 1. The SMILES string of the molecule is CC(Cc1ccccc1Br)NCc1ncc[nH]1. The highest BCUT2D eigenvalue weighted by molar-refractivity contribution is 9.10. The number of hydrogen-bond acceptors (Lipinski definition) is 2. The molecule has 0 aliphatic carbocycles. The fourth-order valence-corrected chi connectivity index (χ4v) is 2.18. The van der Waals surface area contributed by atoms with Crippen molar-refractivity contribution in [3.63, 3.8) is 0 Å². The van der Waals surface area contributed by atoms with Crippen molar-refractivity contribution in [1.82, 2.24) is 15.3 Å². The van der Waals surface area contributed by atoms with Crippen LogP contribution in [0.4, 0.5) is 0 Å². The Hall–Kier alpha value is -1.13. The van der Waals surface area contributed by atoms with Crippen molar-refractivity contribution in [1.29, 1.82) is 0 Å². The van der Waals surface area contributed by atoms with Crippen LogP contribution in [-0.2, 0) is 13.0 Å². The summed E-state index contributed by atoms with van der Waals surface area (Å²) in [6.07, 6.45) is 4.62. The molecule has 3 nitrogen and oxygen atoms in total. The Kier molecular flexibility index (Phi) is 4.34. The number of H-pyrrole nitrogens is 1. The fraction of sp³-hybridized carbons (Fsp3) is 0.308. The monoisotopic (exact) mass is 293 g/mol. The first kappa shape index (κ1) is 12.3. The lowest BCUT2D eigenvalue weighted by atomic mass is 10.1. The number of aromatic amines is 1. The van der Waals surface area contributed by atoms with Gasteiger partial charge < -0.3 is 10.3 Å². The Morgan fingerprint density at radius 2 is 2.24 bits per heavy atom. The van der Waals surface area contributed by atoms with Crippen molar-refractivity contribution in [2.75, 3.05) is 0 Å². The molecule has 17 heavy (non-hydrogen) atoms. The molecule has 2 aromatic rings. The largest absolute Gasteiger partial charge is 0.348 e. The normalized spacial score (nSPS) is 12.6. The highest BCUT2D eigenvalue weighted by Crippen LogP contribution is 2.17. The molecule has 90 valence electrons. The van der Waals surface area contributed by atoms with Crippen molar-refractivity contribution >= 4 is 15.9 Å². The molecule has 1 aromatic carbocycles. The van der Waals surface area contributed by atoms with Gasteiger partial charge in [0, 0.05) is 22.9 Å². The summed E-state index contributed by atoms with van der Waals surface area (Å²) in [6.45, 7) is 2.96. The van der Waals surface area contributed by atoms with Gasteiger partial charge in [-0.1, -0.05) is 34.1 Å². The van der Waals surface area contributed by atoms with Crippen molar-refractivity contribution in [3.05, 3.63) is 52.5 Å². The smallest absolute Gasteiger partial charge is 0.120 e. The maximum Gasteiger partial charge on any atom is 0.120 e. The number of nitrogens with zero attached hydrogens (tertiary/aromatic N) is 1. The van der Waals surface area contributed by atoms with Gasteiger partial charge in [-0.2, -0.15) is 0 Å². The van der Waals surface area contributed by atoms with E-state index in [-0.39, 0.29) is 0 Å². The maximum atomic E-state index is 4.19. The van der Waals surface area contributed by atoms with Crippen LogP contribution in [0.2, 0.25) is 0 Å². The summed E-state index contributed by atoms with van der Waals surface area (Å²) in [7, 11) is 0. The quantitative estimate of drug-likeness (QED) is 0.890. The Morgan fingerprint density at radius 3 is 2.94 bits per heavy atom. The zero-order valence-electron chi connectivity index (χ0n) is 9.78. The molecule has 0 amide bonds. The van der Waals surface area contributed by atoms with Gasteiger partial charge in [0.05, 0.1) is 6.54 Å². The topological polar surface area (TPSA) is 40.7 Å². The van der Waals surface area contributed by atoms with Crippen LogP contribution in [0.15, 0.2) is 41.1 Å². The minimum absolute atomic E-state index is 0.416. The molecule has 0 saturated carbocycles. The summed E-state index contributed by atoms with van der Waals surface area (Å²) in [5.74, 6) is 0.976. The van der Waals surface area contributed by atoms with Gasteiger partial charge in [-0.3, -0.25) is 0 Å². The van der Waals surface area contributed by atoms with Crippen LogP contribution < -0.4 is 5.32 Å². The van der Waals surface area contributed by atoms with Gasteiger partial charge in [-0.05, 0) is 25.0 Å². The average Bonchev–Trinajstić information content (AvgIpc) is 2.82.